The lowest BCUT2D eigenvalue weighted by Crippen LogP contribution is -2.29. The number of aryl methyl sites for hydroxylation is 1. The van der Waals surface area contributed by atoms with Crippen LogP contribution >= 0.6 is 0 Å². The van der Waals surface area contributed by atoms with Crippen LogP contribution in [0.25, 0.3) is 11.5 Å². The minimum absolute atomic E-state index is 0.518. The van der Waals surface area contributed by atoms with Crippen molar-refractivity contribution < 1.29 is 4.52 Å². The normalized spacial score (nSPS) is 19.5. The van der Waals surface area contributed by atoms with E-state index >= 15 is 0 Å². The molecule has 0 bridgehead atoms. The molecule has 2 aromatic rings. The van der Waals surface area contributed by atoms with Gasteiger partial charge in [-0.25, -0.2) is 4.98 Å². The molecule has 1 aliphatic rings. The minimum atomic E-state index is 0.518. The smallest absolute Gasteiger partial charge is 0.227 e. The summed E-state index contributed by atoms with van der Waals surface area (Å²) in [4.78, 5) is 12.5. The fraction of sp³-hybridized carbons (Fsp3) is 0.538. The summed E-state index contributed by atoms with van der Waals surface area (Å²) in [5.74, 6) is 1.93. The first-order valence-electron chi connectivity index (χ1n) is 6.71. The Labute approximate surface area is 111 Å². The van der Waals surface area contributed by atoms with Gasteiger partial charge in [0.05, 0.1) is 6.20 Å². The summed E-state index contributed by atoms with van der Waals surface area (Å²) in [6, 6.07) is 0. The van der Waals surface area contributed by atoms with Crippen molar-refractivity contribution in [2.24, 2.45) is 5.92 Å². The molecule has 0 amide bonds. The largest absolute Gasteiger partial charge is 0.339 e. The fourth-order valence-corrected chi connectivity index (χ4v) is 2.37. The fourth-order valence-electron chi connectivity index (χ4n) is 2.37. The Morgan fingerprint density at radius 2 is 2.37 bits per heavy atom. The van der Waals surface area contributed by atoms with Gasteiger partial charge in [0.1, 0.15) is 5.69 Å². The lowest BCUT2D eigenvalue weighted by molar-refractivity contribution is 0.327. The SMILES string of the molecule is c1cnc(-c2noc(CCC3CCCNC3)n2)cn1. The summed E-state index contributed by atoms with van der Waals surface area (Å²) >= 11 is 0. The van der Waals surface area contributed by atoms with E-state index < -0.39 is 0 Å². The summed E-state index contributed by atoms with van der Waals surface area (Å²) in [6.07, 6.45) is 9.37. The quantitative estimate of drug-likeness (QED) is 0.895. The number of piperidine rings is 1. The van der Waals surface area contributed by atoms with E-state index in [4.69, 9.17) is 4.52 Å². The number of aromatic nitrogens is 4. The molecule has 1 saturated heterocycles. The Bertz CT molecular complexity index is 507. The number of nitrogens with zero attached hydrogens (tertiary/aromatic N) is 4. The molecular formula is C13H17N5O. The first kappa shape index (κ1) is 12.2. The van der Waals surface area contributed by atoms with Gasteiger partial charge < -0.3 is 9.84 Å². The van der Waals surface area contributed by atoms with Crippen molar-refractivity contribution in [1.29, 1.82) is 0 Å². The van der Waals surface area contributed by atoms with Crippen LogP contribution in [0, 0.1) is 5.92 Å². The molecule has 2 aromatic heterocycles. The monoisotopic (exact) mass is 259 g/mol. The van der Waals surface area contributed by atoms with E-state index in [1.807, 2.05) is 0 Å². The van der Waals surface area contributed by atoms with Gasteiger partial charge in [0, 0.05) is 18.8 Å². The van der Waals surface area contributed by atoms with E-state index in [0.29, 0.717) is 17.4 Å². The standard InChI is InChI=1S/C13H17N5O/c1-2-10(8-14-5-1)3-4-12-17-13(18-19-12)11-9-15-6-7-16-11/h6-7,9-10,14H,1-5,8H2. The highest BCUT2D eigenvalue weighted by atomic mass is 16.5. The number of rotatable bonds is 4. The molecule has 3 rings (SSSR count). The molecule has 6 heteroatoms. The van der Waals surface area contributed by atoms with Crippen molar-refractivity contribution >= 4 is 0 Å². The molecule has 1 unspecified atom stereocenters. The molecule has 6 nitrogen and oxygen atoms in total. The van der Waals surface area contributed by atoms with Gasteiger partial charge in [-0.15, -0.1) is 0 Å². The molecule has 0 aromatic carbocycles. The number of hydrogen-bond donors (Lipinski definition) is 1. The molecule has 3 heterocycles. The van der Waals surface area contributed by atoms with Crippen LogP contribution in [-0.2, 0) is 6.42 Å². The molecule has 0 spiro atoms. The average molecular weight is 259 g/mol. The van der Waals surface area contributed by atoms with E-state index in [2.05, 4.69) is 25.4 Å². The summed E-state index contributed by atoms with van der Waals surface area (Å²) in [7, 11) is 0. The maximum Gasteiger partial charge on any atom is 0.227 e. The van der Waals surface area contributed by atoms with E-state index in [1.54, 1.807) is 18.6 Å². The van der Waals surface area contributed by atoms with E-state index in [-0.39, 0.29) is 0 Å². The molecular weight excluding hydrogens is 242 g/mol. The van der Waals surface area contributed by atoms with Crippen LogP contribution in [0.15, 0.2) is 23.1 Å². The second-order valence-corrected chi connectivity index (χ2v) is 4.85. The Morgan fingerprint density at radius 1 is 1.37 bits per heavy atom. The van der Waals surface area contributed by atoms with Gasteiger partial charge in [-0.3, -0.25) is 4.98 Å². The molecule has 0 saturated carbocycles. The van der Waals surface area contributed by atoms with Crippen molar-refractivity contribution in [1.82, 2.24) is 25.4 Å². The van der Waals surface area contributed by atoms with Crippen LogP contribution in [0.2, 0.25) is 0 Å². The van der Waals surface area contributed by atoms with Gasteiger partial charge in [-0.1, -0.05) is 5.16 Å². The molecule has 1 fully saturated rings. The van der Waals surface area contributed by atoms with Gasteiger partial charge >= 0.3 is 0 Å². The molecule has 0 radical (unpaired) electrons. The van der Waals surface area contributed by atoms with Gasteiger partial charge in [0.25, 0.3) is 0 Å². The van der Waals surface area contributed by atoms with Crippen LogP contribution in [-0.4, -0.2) is 33.2 Å². The van der Waals surface area contributed by atoms with Crippen LogP contribution in [0.5, 0.6) is 0 Å². The molecule has 100 valence electrons. The van der Waals surface area contributed by atoms with Crippen molar-refractivity contribution in [3.63, 3.8) is 0 Å². The summed E-state index contributed by atoms with van der Waals surface area (Å²) in [5.41, 5.74) is 0.650. The first-order chi connectivity index (χ1) is 9.42. The first-order valence-corrected chi connectivity index (χ1v) is 6.71. The topological polar surface area (TPSA) is 76.7 Å². The zero-order chi connectivity index (χ0) is 12.9. The maximum absolute atomic E-state index is 5.26. The van der Waals surface area contributed by atoms with Crippen molar-refractivity contribution in [3.8, 4) is 11.5 Å². The third kappa shape index (κ3) is 3.14. The van der Waals surface area contributed by atoms with Crippen molar-refractivity contribution in [2.75, 3.05) is 13.1 Å². The average Bonchev–Trinajstić information content (AvgIpc) is 2.96. The highest BCUT2D eigenvalue weighted by molar-refractivity contribution is 5.45. The van der Waals surface area contributed by atoms with E-state index in [1.165, 1.54) is 12.8 Å². The Morgan fingerprint density at radius 3 is 3.16 bits per heavy atom. The maximum atomic E-state index is 5.26. The summed E-state index contributed by atoms with van der Waals surface area (Å²) in [5, 5.41) is 7.36. The summed E-state index contributed by atoms with van der Waals surface area (Å²) in [6.45, 7) is 2.25. The Hall–Kier alpha value is -1.82. The minimum Gasteiger partial charge on any atom is -0.339 e. The zero-order valence-electron chi connectivity index (χ0n) is 10.7. The summed E-state index contributed by atoms with van der Waals surface area (Å²) < 4.78 is 5.26. The number of hydrogen-bond acceptors (Lipinski definition) is 6. The van der Waals surface area contributed by atoms with Crippen molar-refractivity contribution in [3.05, 3.63) is 24.5 Å². The van der Waals surface area contributed by atoms with Crippen LogP contribution in [0.4, 0.5) is 0 Å². The lowest BCUT2D eigenvalue weighted by atomic mass is 9.95. The Kier molecular flexibility index (Phi) is 3.78. The van der Waals surface area contributed by atoms with Gasteiger partial charge in [0.2, 0.25) is 11.7 Å². The van der Waals surface area contributed by atoms with Crippen LogP contribution in [0.1, 0.15) is 25.2 Å². The van der Waals surface area contributed by atoms with Gasteiger partial charge in [-0.05, 0) is 38.3 Å². The predicted octanol–water partition coefficient (Wildman–Crippen LogP) is 1.46. The second-order valence-electron chi connectivity index (χ2n) is 4.85. The zero-order valence-corrected chi connectivity index (χ0v) is 10.7. The highest BCUT2D eigenvalue weighted by Crippen LogP contribution is 2.18. The third-order valence-corrected chi connectivity index (χ3v) is 3.43. The van der Waals surface area contributed by atoms with Crippen LogP contribution < -0.4 is 5.32 Å². The van der Waals surface area contributed by atoms with Gasteiger partial charge in [-0.2, -0.15) is 4.98 Å². The molecule has 0 aliphatic carbocycles. The van der Waals surface area contributed by atoms with E-state index in [0.717, 1.165) is 31.8 Å². The predicted molar refractivity (Wildman–Crippen MR) is 69.2 cm³/mol. The Balaban J connectivity index is 1.59. The lowest BCUT2D eigenvalue weighted by Gasteiger charge is -2.21. The van der Waals surface area contributed by atoms with Crippen LogP contribution in [0.3, 0.4) is 0 Å². The highest BCUT2D eigenvalue weighted by Gasteiger charge is 2.15. The number of nitrogens with one attached hydrogen (secondary N) is 1. The third-order valence-electron chi connectivity index (χ3n) is 3.43. The van der Waals surface area contributed by atoms with E-state index in [9.17, 15) is 0 Å². The molecule has 1 atom stereocenters. The van der Waals surface area contributed by atoms with Gasteiger partial charge in [0.15, 0.2) is 0 Å². The van der Waals surface area contributed by atoms with Crippen molar-refractivity contribution in [2.45, 2.75) is 25.7 Å². The molecule has 19 heavy (non-hydrogen) atoms. The molecule has 1 N–H and O–H groups in total. The second kappa shape index (κ2) is 5.88. The molecule has 1 aliphatic heterocycles.